The first-order chi connectivity index (χ1) is 8.22. The second-order valence-electron chi connectivity index (χ2n) is 5.00. The Morgan fingerprint density at radius 1 is 1.35 bits per heavy atom. The highest BCUT2D eigenvalue weighted by molar-refractivity contribution is 5.83. The van der Waals surface area contributed by atoms with Crippen LogP contribution in [0.3, 0.4) is 0 Å². The van der Waals surface area contributed by atoms with Crippen LogP contribution >= 0.6 is 0 Å². The second kappa shape index (κ2) is 3.91. The van der Waals surface area contributed by atoms with E-state index in [1.165, 1.54) is 6.42 Å². The normalized spacial score (nSPS) is 22.6. The van der Waals surface area contributed by atoms with E-state index in [9.17, 15) is 0 Å². The number of hydrogen-bond donors (Lipinski definition) is 2. The molecular weight excluding hydrogens is 210 g/mol. The number of nitrogens with two attached hydrogens (primary N) is 1. The third-order valence-corrected chi connectivity index (χ3v) is 3.53. The van der Waals surface area contributed by atoms with Gasteiger partial charge in [-0.1, -0.05) is 6.92 Å². The van der Waals surface area contributed by atoms with Gasteiger partial charge < -0.3 is 11.1 Å². The van der Waals surface area contributed by atoms with Gasteiger partial charge in [-0.2, -0.15) is 0 Å². The van der Waals surface area contributed by atoms with E-state index in [1.807, 2.05) is 24.3 Å². The SMILES string of the molecule is CC1CC1CNc1ccc2cc(N)ccc2n1. The molecule has 0 amide bonds. The summed E-state index contributed by atoms with van der Waals surface area (Å²) < 4.78 is 0. The Morgan fingerprint density at radius 2 is 2.18 bits per heavy atom. The number of nitrogens with one attached hydrogen (secondary N) is 1. The Kier molecular flexibility index (Phi) is 2.39. The van der Waals surface area contributed by atoms with E-state index in [4.69, 9.17) is 5.73 Å². The highest BCUT2D eigenvalue weighted by Crippen LogP contribution is 2.37. The summed E-state index contributed by atoms with van der Waals surface area (Å²) in [5.41, 5.74) is 7.52. The number of pyridine rings is 1. The molecule has 17 heavy (non-hydrogen) atoms. The number of anilines is 2. The van der Waals surface area contributed by atoms with Gasteiger partial charge in [-0.15, -0.1) is 0 Å². The van der Waals surface area contributed by atoms with Crippen molar-refractivity contribution in [1.82, 2.24) is 4.98 Å². The molecule has 3 heteroatoms. The molecule has 2 unspecified atom stereocenters. The Balaban J connectivity index is 1.79. The number of rotatable bonds is 3. The van der Waals surface area contributed by atoms with E-state index in [-0.39, 0.29) is 0 Å². The van der Waals surface area contributed by atoms with Gasteiger partial charge in [-0.25, -0.2) is 4.98 Å². The Morgan fingerprint density at radius 3 is 2.94 bits per heavy atom. The van der Waals surface area contributed by atoms with Crippen LogP contribution in [0.1, 0.15) is 13.3 Å². The van der Waals surface area contributed by atoms with Crippen molar-refractivity contribution < 1.29 is 0 Å². The lowest BCUT2D eigenvalue weighted by Gasteiger charge is -2.06. The summed E-state index contributed by atoms with van der Waals surface area (Å²) in [6.07, 6.45) is 1.34. The van der Waals surface area contributed by atoms with Gasteiger partial charge in [0.05, 0.1) is 5.52 Å². The number of fused-ring (bicyclic) bond motifs is 1. The molecule has 3 nitrogen and oxygen atoms in total. The molecule has 1 fully saturated rings. The first-order valence-electron chi connectivity index (χ1n) is 6.12. The minimum atomic E-state index is 0.784. The maximum Gasteiger partial charge on any atom is 0.126 e. The summed E-state index contributed by atoms with van der Waals surface area (Å²) in [5, 5.41) is 4.49. The van der Waals surface area contributed by atoms with Gasteiger partial charge in [0.15, 0.2) is 0 Å². The Labute approximate surface area is 101 Å². The highest BCUT2D eigenvalue weighted by atomic mass is 15.0. The van der Waals surface area contributed by atoms with Gasteiger partial charge in [0.25, 0.3) is 0 Å². The zero-order valence-corrected chi connectivity index (χ0v) is 9.98. The van der Waals surface area contributed by atoms with E-state index in [1.54, 1.807) is 0 Å². The standard InChI is InChI=1S/C14H17N3/c1-9-6-11(9)8-16-14-5-2-10-7-12(15)3-4-13(10)17-14/h2-5,7,9,11H,6,8,15H2,1H3,(H,16,17). The first kappa shape index (κ1) is 10.4. The minimum Gasteiger partial charge on any atom is -0.399 e. The quantitative estimate of drug-likeness (QED) is 0.793. The smallest absolute Gasteiger partial charge is 0.126 e. The van der Waals surface area contributed by atoms with Crippen LogP contribution in [0.4, 0.5) is 11.5 Å². The molecule has 0 aliphatic heterocycles. The Hall–Kier alpha value is -1.77. The van der Waals surface area contributed by atoms with Crippen molar-refractivity contribution in [2.45, 2.75) is 13.3 Å². The van der Waals surface area contributed by atoms with E-state index in [0.29, 0.717) is 0 Å². The van der Waals surface area contributed by atoms with Gasteiger partial charge in [-0.05, 0) is 48.6 Å². The maximum absolute atomic E-state index is 5.74. The van der Waals surface area contributed by atoms with Crippen LogP contribution in [-0.4, -0.2) is 11.5 Å². The number of nitrogen functional groups attached to an aromatic ring is 1. The van der Waals surface area contributed by atoms with Crippen molar-refractivity contribution >= 4 is 22.4 Å². The second-order valence-corrected chi connectivity index (χ2v) is 5.00. The van der Waals surface area contributed by atoms with Crippen LogP contribution in [0.5, 0.6) is 0 Å². The van der Waals surface area contributed by atoms with Crippen LogP contribution in [0.2, 0.25) is 0 Å². The van der Waals surface area contributed by atoms with Gasteiger partial charge in [0.1, 0.15) is 5.82 Å². The molecule has 1 heterocycles. The van der Waals surface area contributed by atoms with Crippen molar-refractivity contribution in [2.75, 3.05) is 17.6 Å². The van der Waals surface area contributed by atoms with E-state index >= 15 is 0 Å². The van der Waals surface area contributed by atoms with E-state index in [0.717, 1.165) is 40.8 Å². The molecule has 0 spiro atoms. The molecule has 2 aromatic rings. The first-order valence-corrected chi connectivity index (χ1v) is 6.12. The van der Waals surface area contributed by atoms with Crippen molar-refractivity contribution in [3.8, 4) is 0 Å². The topological polar surface area (TPSA) is 50.9 Å². The molecule has 1 aromatic heterocycles. The zero-order chi connectivity index (χ0) is 11.8. The van der Waals surface area contributed by atoms with Gasteiger partial charge in [0.2, 0.25) is 0 Å². The summed E-state index contributed by atoms with van der Waals surface area (Å²) >= 11 is 0. The van der Waals surface area contributed by atoms with Crippen LogP contribution in [-0.2, 0) is 0 Å². The predicted octanol–water partition coefficient (Wildman–Crippen LogP) is 2.88. The summed E-state index contributed by atoms with van der Waals surface area (Å²) in [4.78, 5) is 4.57. The number of aromatic nitrogens is 1. The third-order valence-electron chi connectivity index (χ3n) is 3.53. The summed E-state index contributed by atoms with van der Waals surface area (Å²) in [6.45, 7) is 3.33. The molecule has 0 saturated heterocycles. The maximum atomic E-state index is 5.74. The molecule has 1 saturated carbocycles. The van der Waals surface area contributed by atoms with E-state index in [2.05, 4.69) is 23.3 Å². The molecule has 1 aliphatic rings. The molecule has 0 radical (unpaired) electrons. The average Bonchev–Trinajstić information content (AvgIpc) is 3.03. The number of nitrogens with zero attached hydrogens (tertiary/aromatic N) is 1. The zero-order valence-electron chi connectivity index (χ0n) is 9.98. The number of benzene rings is 1. The molecule has 3 rings (SSSR count). The molecule has 1 aromatic carbocycles. The molecule has 88 valence electrons. The van der Waals surface area contributed by atoms with Gasteiger partial charge in [-0.3, -0.25) is 0 Å². The van der Waals surface area contributed by atoms with Crippen LogP contribution < -0.4 is 11.1 Å². The largest absolute Gasteiger partial charge is 0.399 e. The van der Waals surface area contributed by atoms with Crippen LogP contribution in [0.25, 0.3) is 10.9 Å². The highest BCUT2D eigenvalue weighted by Gasteiger charge is 2.31. The average molecular weight is 227 g/mol. The summed E-state index contributed by atoms with van der Waals surface area (Å²) in [6, 6.07) is 9.90. The summed E-state index contributed by atoms with van der Waals surface area (Å²) in [7, 11) is 0. The van der Waals surface area contributed by atoms with Crippen molar-refractivity contribution in [2.24, 2.45) is 11.8 Å². The molecule has 0 bridgehead atoms. The van der Waals surface area contributed by atoms with E-state index < -0.39 is 0 Å². The number of hydrogen-bond acceptors (Lipinski definition) is 3. The molecule has 2 atom stereocenters. The molecular formula is C14H17N3. The van der Waals surface area contributed by atoms with Crippen molar-refractivity contribution in [3.05, 3.63) is 30.3 Å². The monoisotopic (exact) mass is 227 g/mol. The molecule has 3 N–H and O–H groups in total. The lowest BCUT2D eigenvalue weighted by molar-refractivity contribution is 0.785. The minimum absolute atomic E-state index is 0.784. The van der Waals surface area contributed by atoms with Gasteiger partial charge >= 0.3 is 0 Å². The van der Waals surface area contributed by atoms with Gasteiger partial charge in [0, 0.05) is 17.6 Å². The van der Waals surface area contributed by atoms with Crippen molar-refractivity contribution in [3.63, 3.8) is 0 Å². The lowest BCUT2D eigenvalue weighted by Crippen LogP contribution is -2.05. The summed E-state index contributed by atoms with van der Waals surface area (Å²) in [5.74, 6) is 2.67. The fourth-order valence-corrected chi connectivity index (χ4v) is 2.16. The Bertz CT molecular complexity index is 550. The van der Waals surface area contributed by atoms with Crippen LogP contribution in [0, 0.1) is 11.8 Å². The van der Waals surface area contributed by atoms with Crippen LogP contribution in [0.15, 0.2) is 30.3 Å². The lowest BCUT2D eigenvalue weighted by atomic mass is 10.2. The fourth-order valence-electron chi connectivity index (χ4n) is 2.16. The fraction of sp³-hybridized carbons (Fsp3) is 0.357. The molecule has 1 aliphatic carbocycles. The van der Waals surface area contributed by atoms with Crippen molar-refractivity contribution in [1.29, 1.82) is 0 Å². The predicted molar refractivity (Wildman–Crippen MR) is 71.9 cm³/mol. The third kappa shape index (κ3) is 2.18.